The highest BCUT2D eigenvalue weighted by atomic mass is 19.1. The van der Waals surface area contributed by atoms with Crippen molar-refractivity contribution in [1.82, 2.24) is 10.2 Å². The number of anilines is 1. The van der Waals surface area contributed by atoms with Crippen LogP contribution in [0.15, 0.2) is 42.5 Å². The smallest absolute Gasteiger partial charge is 0.411 e. The number of hydrogen-bond donors (Lipinski definition) is 2. The number of halogens is 1. The predicted molar refractivity (Wildman–Crippen MR) is 123 cm³/mol. The molecule has 0 radical (unpaired) electrons. The van der Waals surface area contributed by atoms with Gasteiger partial charge < -0.3 is 15.4 Å². The Morgan fingerprint density at radius 1 is 1.12 bits per heavy atom. The number of rotatable bonds is 4. The fourth-order valence-electron chi connectivity index (χ4n) is 3.61. The molecule has 0 aliphatic carbocycles. The average Bonchev–Trinajstić information content (AvgIpc) is 2.73. The first-order chi connectivity index (χ1) is 15.4. The van der Waals surface area contributed by atoms with Crippen molar-refractivity contribution in [2.75, 3.05) is 5.32 Å². The minimum atomic E-state index is -0.948. The second-order valence-electron chi connectivity index (χ2n) is 9.30. The Kier molecular flexibility index (Phi) is 7.05. The third-order valence-electron chi connectivity index (χ3n) is 5.31. The fourth-order valence-corrected chi connectivity index (χ4v) is 3.61. The van der Waals surface area contributed by atoms with Crippen molar-refractivity contribution in [3.05, 3.63) is 65.0 Å². The zero-order chi connectivity index (χ0) is 24.3. The van der Waals surface area contributed by atoms with Crippen LogP contribution in [0.2, 0.25) is 0 Å². The molecule has 0 saturated heterocycles. The quantitative estimate of drug-likeness (QED) is 0.731. The molecule has 8 heteroatoms. The van der Waals surface area contributed by atoms with Gasteiger partial charge in [0.25, 0.3) is 0 Å². The Bertz CT molecular complexity index is 1060. The molecular formula is C25H30FN3O4. The summed E-state index contributed by atoms with van der Waals surface area (Å²) >= 11 is 0. The molecule has 0 fully saturated rings. The van der Waals surface area contributed by atoms with Gasteiger partial charge in [-0.1, -0.05) is 30.3 Å². The van der Waals surface area contributed by atoms with Gasteiger partial charge in [-0.3, -0.25) is 14.5 Å². The summed E-state index contributed by atoms with van der Waals surface area (Å²) in [5.74, 6) is -1.60. The normalized spacial score (nSPS) is 16.4. The molecule has 7 nitrogen and oxygen atoms in total. The molecule has 3 rings (SSSR count). The van der Waals surface area contributed by atoms with E-state index in [1.54, 1.807) is 33.8 Å². The monoisotopic (exact) mass is 455 g/mol. The molecule has 1 aliphatic heterocycles. The van der Waals surface area contributed by atoms with Gasteiger partial charge in [0.1, 0.15) is 23.5 Å². The van der Waals surface area contributed by atoms with E-state index in [9.17, 15) is 18.8 Å². The molecule has 0 spiro atoms. The lowest BCUT2D eigenvalue weighted by molar-refractivity contribution is -0.130. The van der Waals surface area contributed by atoms with Gasteiger partial charge in [-0.25, -0.2) is 9.18 Å². The average molecular weight is 456 g/mol. The van der Waals surface area contributed by atoms with E-state index in [0.717, 1.165) is 16.7 Å². The third-order valence-corrected chi connectivity index (χ3v) is 5.31. The first-order valence-electron chi connectivity index (χ1n) is 10.9. The van der Waals surface area contributed by atoms with E-state index < -0.39 is 41.4 Å². The lowest BCUT2D eigenvalue weighted by Crippen LogP contribution is -2.56. The zero-order valence-corrected chi connectivity index (χ0v) is 19.6. The summed E-state index contributed by atoms with van der Waals surface area (Å²) in [6.07, 6.45) is -0.307. The molecule has 2 N–H and O–H groups in total. The topological polar surface area (TPSA) is 87.7 Å². The van der Waals surface area contributed by atoms with Crippen molar-refractivity contribution < 1.29 is 23.5 Å². The fraction of sp³-hybridized carbons (Fsp3) is 0.400. The van der Waals surface area contributed by atoms with Crippen LogP contribution in [0, 0.1) is 12.7 Å². The number of carbonyl (C=O) groups excluding carboxylic acids is 3. The van der Waals surface area contributed by atoms with Crippen molar-refractivity contribution in [3.63, 3.8) is 0 Å². The number of benzene rings is 2. The van der Waals surface area contributed by atoms with Gasteiger partial charge in [-0.05, 0) is 63.4 Å². The van der Waals surface area contributed by atoms with E-state index in [1.807, 2.05) is 24.3 Å². The van der Waals surface area contributed by atoms with Crippen molar-refractivity contribution in [2.45, 2.75) is 65.3 Å². The summed E-state index contributed by atoms with van der Waals surface area (Å²) in [6, 6.07) is 10.3. The number of nitrogens with zero attached hydrogens (tertiary/aromatic N) is 1. The van der Waals surface area contributed by atoms with Crippen molar-refractivity contribution in [2.24, 2.45) is 0 Å². The SMILES string of the molecule is Cc1ccc(NC(=O)C(C)NC(=O)C2Cc3ccccc3CN2C(=O)OC(C)(C)C)c(F)c1. The molecule has 2 aromatic carbocycles. The number of hydrogen-bond acceptors (Lipinski definition) is 4. The van der Waals surface area contributed by atoms with Crippen molar-refractivity contribution >= 4 is 23.6 Å². The van der Waals surface area contributed by atoms with Gasteiger partial charge >= 0.3 is 6.09 Å². The molecule has 0 saturated carbocycles. The molecule has 0 aromatic heterocycles. The number of ether oxygens (including phenoxy) is 1. The highest BCUT2D eigenvalue weighted by Gasteiger charge is 2.37. The molecule has 1 aliphatic rings. The maximum atomic E-state index is 14.1. The van der Waals surface area contributed by atoms with Crippen LogP contribution < -0.4 is 10.6 Å². The molecule has 2 aromatic rings. The van der Waals surface area contributed by atoms with E-state index in [1.165, 1.54) is 24.0 Å². The maximum Gasteiger partial charge on any atom is 0.411 e. The number of fused-ring (bicyclic) bond motifs is 1. The minimum Gasteiger partial charge on any atom is -0.444 e. The van der Waals surface area contributed by atoms with Crippen LogP contribution in [0.4, 0.5) is 14.9 Å². The van der Waals surface area contributed by atoms with E-state index in [4.69, 9.17) is 4.74 Å². The number of aryl methyl sites for hydroxylation is 1. The van der Waals surface area contributed by atoms with Crippen LogP contribution >= 0.6 is 0 Å². The molecule has 2 atom stereocenters. The predicted octanol–water partition coefficient (Wildman–Crippen LogP) is 3.94. The maximum absolute atomic E-state index is 14.1. The standard InChI is InChI=1S/C25H30FN3O4/c1-15-10-11-20(19(26)12-15)28-22(30)16(2)27-23(31)21-13-17-8-6-7-9-18(17)14-29(21)24(32)33-25(3,4)5/h6-12,16,21H,13-14H2,1-5H3,(H,27,31)(H,28,30). The Labute approximate surface area is 193 Å². The Morgan fingerprint density at radius 3 is 2.42 bits per heavy atom. The molecule has 2 unspecified atom stereocenters. The van der Waals surface area contributed by atoms with Crippen LogP contribution in [-0.4, -0.2) is 40.5 Å². The molecule has 3 amide bonds. The zero-order valence-electron chi connectivity index (χ0n) is 19.6. The van der Waals surface area contributed by atoms with Gasteiger partial charge in [-0.2, -0.15) is 0 Å². The van der Waals surface area contributed by atoms with Crippen LogP contribution in [-0.2, 0) is 27.3 Å². The summed E-state index contributed by atoms with van der Waals surface area (Å²) < 4.78 is 19.6. The first-order valence-corrected chi connectivity index (χ1v) is 10.9. The van der Waals surface area contributed by atoms with E-state index >= 15 is 0 Å². The summed E-state index contributed by atoms with van der Waals surface area (Å²) in [6.45, 7) is 8.75. The molecule has 1 heterocycles. The van der Waals surface area contributed by atoms with Crippen LogP contribution in [0.3, 0.4) is 0 Å². The largest absolute Gasteiger partial charge is 0.444 e. The second kappa shape index (κ2) is 9.60. The summed E-state index contributed by atoms with van der Waals surface area (Å²) in [5.41, 5.74) is 1.94. The van der Waals surface area contributed by atoms with Gasteiger partial charge in [0.2, 0.25) is 11.8 Å². The first kappa shape index (κ1) is 24.2. The lowest BCUT2D eigenvalue weighted by Gasteiger charge is -2.37. The highest BCUT2D eigenvalue weighted by Crippen LogP contribution is 2.25. The van der Waals surface area contributed by atoms with E-state index in [-0.39, 0.29) is 12.2 Å². The summed E-state index contributed by atoms with van der Waals surface area (Å²) in [7, 11) is 0. The third kappa shape index (κ3) is 6.09. The Morgan fingerprint density at radius 2 is 1.79 bits per heavy atom. The molecule has 176 valence electrons. The number of nitrogens with one attached hydrogen (secondary N) is 2. The van der Waals surface area contributed by atoms with Gasteiger partial charge in [-0.15, -0.1) is 0 Å². The van der Waals surface area contributed by atoms with Gasteiger partial charge in [0, 0.05) is 6.42 Å². The number of carbonyl (C=O) groups is 3. The molecular weight excluding hydrogens is 425 g/mol. The minimum absolute atomic E-state index is 0.0358. The molecule has 33 heavy (non-hydrogen) atoms. The second-order valence-corrected chi connectivity index (χ2v) is 9.30. The van der Waals surface area contributed by atoms with Crippen LogP contribution in [0.1, 0.15) is 44.4 Å². The van der Waals surface area contributed by atoms with Gasteiger partial charge in [0.05, 0.1) is 12.2 Å². The molecule has 0 bridgehead atoms. The Balaban J connectivity index is 1.74. The lowest BCUT2D eigenvalue weighted by atomic mass is 9.93. The summed E-state index contributed by atoms with van der Waals surface area (Å²) in [4.78, 5) is 40.0. The van der Waals surface area contributed by atoms with E-state index in [2.05, 4.69) is 10.6 Å². The Hall–Kier alpha value is -3.42. The van der Waals surface area contributed by atoms with Crippen LogP contribution in [0.25, 0.3) is 0 Å². The van der Waals surface area contributed by atoms with Gasteiger partial charge in [0.15, 0.2) is 0 Å². The number of amides is 3. The van der Waals surface area contributed by atoms with Crippen LogP contribution in [0.5, 0.6) is 0 Å². The van der Waals surface area contributed by atoms with E-state index in [0.29, 0.717) is 6.42 Å². The summed E-state index contributed by atoms with van der Waals surface area (Å²) in [5, 5.41) is 5.15. The highest BCUT2D eigenvalue weighted by molar-refractivity contribution is 5.98. The van der Waals surface area contributed by atoms with Crippen molar-refractivity contribution in [3.8, 4) is 0 Å². The van der Waals surface area contributed by atoms with Crippen molar-refractivity contribution in [1.29, 1.82) is 0 Å².